The molecule has 4 heteroatoms. The smallest absolute Gasteiger partial charge is 0.410 e. The van der Waals surface area contributed by atoms with Crippen molar-refractivity contribution in [1.82, 2.24) is 4.90 Å². The zero-order valence-corrected chi connectivity index (χ0v) is 9.82. The minimum atomic E-state index is -0.464. The highest BCUT2D eigenvalue weighted by Gasteiger charge is 2.25. The van der Waals surface area contributed by atoms with Crippen molar-refractivity contribution in [2.24, 2.45) is 0 Å². The third kappa shape index (κ3) is 4.51. The van der Waals surface area contributed by atoms with Crippen molar-refractivity contribution in [2.75, 3.05) is 13.1 Å². The van der Waals surface area contributed by atoms with E-state index in [0.717, 1.165) is 19.3 Å². The van der Waals surface area contributed by atoms with Gasteiger partial charge in [-0.3, -0.25) is 0 Å². The van der Waals surface area contributed by atoms with Crippen LogP contribution in [-0.4, -0.2) is 40.9 Å². The van der Waals surface area contributed by atoms with Gasteiger partial charge in [0, 0.05) is 13.1 Å². The molecule has 1 rings (SSSR count). The Morgan fingerprint density at radius 2 is 2.07 bits per heavy atom. The quantitative estimate of drug-likeness (QED) is 0.670. The minimum absolute atomic E-state index is 0.316. The number of aliphatic hydroxyl groups excluding tert-OH is 1. The molecule has 1 heterocycles. The van der Waals surface area contributed by atoms with Gasteiger partial charge in [-0.2, -0.15) is 0 Å². The van der Waals surface area contributed by atoms with Crippen LogP contribution in [-0.2, 0) is 4.74 Å². The number of carbonyl (C=O) groups is 1. The van der Waals surface area contributed by atoms with Gasteiger partial charge in [0.2, 0.25) is 0 Å². The lowest BCUT2D eigenvalue weighted by atomic mass is 10.2. The lowest BCUT2D eigenvalue weighted by Gasteiger charge is -2.27. The highest BCUT2D eigenvalue weighted by molar-refractivity contribution is 5.68. The van der Waals surface area contributed by atoms with E-state index in [1.807, 2.05) is 20.8 Å². The molecule has 0 aromatic rings. The molecule has 1 N–H and O–H groups in total. The molecular formula is C11H21NO3. The second kappa shape index (κ2) is 4.84. The summed E-state index contributed by atoms with van der Waals surface area (Å²) >= 11 is 0. The van der Waals surface area contributed by atoms with Gasteiger partial charge in [0.05, 0.1) is 6.10 Å². The second-order valence-electron chi connectivity index (χ2n) is 5.08. The summed E-state index contributed by atoms with van der Waals surface area (Å²) in [5, 5.41) is 9.56. The van der Waals surface area contributed by atoms with E-state index >= 15 is 0 Å². The topological polar surface area (TPSA) is 49.8 Å². The highest BCUT2D eigenvalue weighted by atomic mass is 16.6. The first-order valence-corrected chi connectivity index (χ1v) is 5.54. The highest BCUT2D eigenvalue weighted by Crippen LogP contribution is 2.15. The maximum atomic E-state index is 11.7. The van der Waals surface area contributed by atoms with Crippen molar-refractivity contribution >= 4 is 6.09 Å². The van der Waals surface area contributed by atoms with Crippen LogP contribution >= 0.6 is 0 Å². The molecule has 0 bridgehead atoms. The number of likely N-dealkylation sites (tertiary alicyclic amines) is 1. The molecule has 1 aliphatic rings. The zero-order valence-electron chi connectivity index (χ0n) is 9.82. The van der Waals surface area contributed by atoms with Crippen LogP contribution in [0.2, 0.25) is 0 Å². The normalized spacial score (nSPS) is 23.5. The second-order valence-corrected chi connectivity index (χ2v) is 5.08. The molecule has 0 saturated carbocycles. The standard InChI is InChI=1S/C11H21NO3/c1-11(2,3)15-10(14)12-7-5-4-6-9(13)8-12/h9,13H,4-8H2,1-3H3/t9-/m1/s1. The Morgan fingerprint density at radius 1 is 1.40 bits per heavy atom. The van der Waals surface area contributed by atoms with Gasteiger partial charge in [-0.1, -0.05) is 0 Å². The number of β-amino-alcohol motifs (C(OH)–C–C–N with tert-alkyl or cyclic N) is 1. The number of nitrogens with zero attached hydrogens (tertiary/aromatic N) is 1. The lowest BCUT2D eigenvalue weighted by molar-refractivity contribution is 0.0173. The maximum Gasteiger partial charge on any atom is 0.410 e. The number of hydrogen-bond donors (Lipinski definition) is 1. The molecule has 0 radical (unpaired) electrons. The van der Waals surface area contributed by atoms with E-state index in [0.29, 0.717) is 13.1 Å². The SMILES string of the molecule is CC(C)(C)OC(=O)N1CCCC[C@@H](O)C1. The van der Waals surface area contributed by atoms with Crippen LogP contribution in [0.25, 0.3) is 0 Å². The number of amides is 1. The van der Waals surface area contributed by atoms with Gasteiger partial charge in [0.15, 0.2) is 0 Å². The third-order valence-corrected chi connectivity index (χ3v) is 2.30. The van der Waals surface area contributed by atoms with Crippen molar-refractivity contribution in [2.45, 2.75) is 51.7 Å². The van der Waals surface area contributed by atoms with Gasteiger partial charge in [-0.05, 0) is 40.0 Å². The molecule has 88 valence electrons. The minimum Gasteiger partial charge on any atom is -0.444 e. The molecule has 0 unspecified atom stereocenters. The van der Waals surface area contributed by atoms with Gasteiger partial charge < -0.3 is 14.7 Å². The first-order chi connectivity index (χ1) is 6.88. The Bertz CT molecular complexity index is 222. The van der Waals surface area contributed by atoms with Crippen LogP contribution in [0, 0.1) is 0 Å². The fourth-order valence-electron chi connectivity index (χ4n) is 1.61. The Hall–Kier alpha value is -0.770. The molecule has 1 amide bonds. The summed E-state index contributed by atoms with van der Waals surface area (Å²) in [6, 6.07) is 0. The average Bonchev–Trinajstić information content (AvgIpc) is 2.26. The van der Waals surface area contributed by atoms with Crippen molar-refractivity contribution in [3.8, 4) is 0 Å². The molecule has 1 atom stereocenters. The number of rotatable bonds is 0. The summed E-state index contributed by atoms with van der Waals surface area (Å²) in [7, 11) is 0. The fourth-order valence-corrected chi connectivity index (χ4v) is 1.61. The number of hydrogen-bond acceptors (Lipinski definition) is 3. The van der Waals surface area contributed by atoms with E-state index < -0.39 is 11.7 Å². The first kappa shape index (κ1) is 12.3. The van der Waals surface area contributed by atoms with Crippen molar-refractivity contribution < 1.29 is 14.6 Å². The van der Waals surface area contributed by atoms with Crippen molar-refractivity contribution in [3.63, 3.8) is 0 Å². The Kier molecular flexibility index (Phi) is 3.97. The fraction of sp³-hybridized carbons (Fsp3) is 0.909. The van der Waals surface area contributed by atoms with Crippen molar-refractivity contribution in [3.05, 3.63) is 0 Å². The number of ether oxygens (including phenoxy) is 1. The van der Waals surface area contributed by atoms with Crippen LogP contribution in [0.15, 0.2) is 0 Å². The molecule has 0 aromatic carbocycles. The summed E-state index contributed by atoms with van der Waals surface area (Å²) < 4.78 is 5.26. The summed E-state index contributed by atoms with van der Waals surface area (Å²) in [6.45, 7) is 6.62. The van der Waals surface area contributed by atoms with Crippen LogP contribution in [0.5, 0.6) is 0 Å². The zero-order chi connectivity index (χ0) is 11.5. The maximum absolute atomic E-state index is 11.7. The van der Waals surface area contributed by atoms with E-state index in [1.165, 1.54) is 0 Å². The van der Waals surface area contributed by atoms with Crippen molar-refractivity contribution in [1.29, 1.82) is 0 Å². The molecule has 1 saturated heterocycles. The number of aliphatic hydroxyl groups is 1. The van der Waals surface area contributed by atoms with Crippen LogP contribution in [0.1, 0.15) is 40.0 Å². The van der Waals surface area contributed by atoms with Gasteiger partial charge in [0.1, 0.15) is 5.60 Å². The molecule has 15 heavy (non-hydrogen) atoms. The third-order valence-electron chi connectivity index (χ3n) is 2.30. The van der Waals surface area contributed by atoms with Gasteiger partial charge in [-0.25, -0.2) is 4.79 Å². The molecule has 1 fully saturated rings. The molecule has 1 aliphatic heterocycles. The summed E-state index contributed by atoms with van der Waals surface area (Å²) in [4.78, 5) is 13.3. The number of carbonyl (C=O) groups excluding carboxylic acids is 1. The lowest BCUT2D eigenvalue weighted by Crippen LogP contribution is -2.40. The van der Waals surface area contributed by atoms with E-state index in [4.69, 9.17) is 4.74 Å². The molecular weight excluding hydrogens is 194 g/mol. The summed E-state index contributed by atoms with van der Waals surface area (Å²) in [6.07, 6.45) is 1.97. The largest absolute Gasteiger partial charge is 0.444 e. The monoisotopic (exact) mass is 215 g/mol. The predicted octanol–water partition coefficient (Wildman–Crippen LogP) is 1.77. The van der Waals surface area contributed by atoms with E-state index in [1.54, 1.807) is 4.90 Å². The van der Waals surface area contributed by atoms with Crippen LogP contribution in [0.3, 0.4) is 0 Å². The van der Waals surface area contributed by atoms with Crippen LogP contribution < -0.4 is 0 Å². The van der Waals surface area contributed by atoms with E-state index in [-0.39, 0.29) is 6.09 Å². The Balaban J connectivity index is 2.50. The van der Waals surface area contributed by atoms with Gasteiger partial charge in [-0.15, -0.1) is 0 Å². The molecule has 0 spiro atoms. The Labute approximate surface area is 91.2 Å². The Morgan fingerprint density at radius 3 is 2.67 bits per heavy atom. The average molecular weight is 215 g/mol. The molecule has 0 aliphatic carbocycles. The molecule has 0 aromatic heterocycles. The van der Waals surface area contributed by atoms with E-state index in [2.05, 4.69) is 0 Å². The van der Waals surface area contributed by atoms with Crippen LogP contribution in [0.4, 0.5) is 4.79 Å². The summed E-state index contributed by atoms with van der Waals surface area (Å²) in [5.41, 5.74) is -0.464. The van der Waals surface area contributed by atoms with Gasteiger partial charge >= 0.3 is 6.09 Å². The first-order valence-electron chi connectivity index (χ1n) is 5.54. The van der Waals surface area contributed by atoms with E-state index in [9.17, 15) is 9.90 Å². The predicted molar refractivity (Wildman–Crippen MR) is 57.7 cm³/mol. The summed E-state index contributed by atoms with van der Waals surface area (Å²) in [5.74, 6) is 0. The van der Waals surface area contributed by atoms with Gasteiger partial charge in [0.25, 0.3) is 0 Å². The molecule has 4 nitrogen and oxygen atoms in total.